The summed E-state index contributed by atoms with van der Waals surface area (Å²) in [6.45, 7) is 3.00. The highest BCUT2D eigenvalue weighted by Crippen LogP contribution is 2.22. The minimum Gasteiger partial charge on any atom is -0.450 e. The molecule has 12 heteroatoms. The molecule has 0 radical (unpaired) electrons. The summed E-state index contributed by atoms with van der Waals surface area (Å²) in [6, 6.07) is 11.0. The van der Waals surface area contributed by atoms with Crippen LogP contribution in [0.2, 0.25) is 5.02 Å². The summed E-state index contributed by atoms with van der Waals surface area (Å²) in [6.07, 6.45) is 5.05. The van der Waals surface area contributed by atoms with Gasteiger partial charge in [0.25, 0.3) is 5.91 Å². The van der Waals surface area contributed by atoms with Crippen LogP contribution in [0.25, 0.3) is 10.2 Å². The van der Waals surface area contributed by atoms with Crippen LogP contribution >= 0.6 is 22.9 Å². The first-order valence-electron chi connectivity index (χ1n) is 11.1. The number of terminal acetylenes is 1. The van der Waals surface area contributed by atoms with Gasteiger partial charge in [-0.3, -0.25) is 4.79 Å². The quantitative estimate of drug-likeness (QED) is 0.457. The molecule has 0 atom stereocenters. The van der Waals surface area contributed by atoms with Gasteiger partial charge in [-0.1, -0.05) is 28.9 Å². The number of carbonyl (C=O) groups excluding carboxylic acids is 2. The number of aromatic nitrogens is 1. The Morgan fingerprint density at radius 3 is 2.47 bits per heavy atom. The molecule has 9 nitrogen and oxygen atoms in total. The average molecular weight is 547 g/mol. The van der Waals surface area contributed by atoms with Crippen molar-refractivity contribution >= 4 is 55.2 Å². The van der Waals surface area contributed by atoms with Crippen molar-refractivity contribution in [3.63, 3.8) is 0 Å². The van der Waals surface area contributed by atoms with E-state index in [2.05, 4.69) is 10.9 Å². The van der Waals surface area contributed by atoms with E-state index in [-0.39, 0.29) is 49.8 Å². The van der Waals surface area contributed by atoms with Gasteiger partial charge in [0.2, 0.25) is 10.0 Å². The van der Waals surface area contributed by atoms with Crippen LogP contribution in [-0.4, -0.2) is 67.0 Å². The van der Waals surface area contributed by atoms with Gasteiger partial charge in [0, 0.05) is 36.8 Å². The number of amides is 2. The van der Waals surface area contributed by atoms with Crippen LogP contribution in [0.15, 0.2) is 52.4 Å². The zero-order valence-corrected chi connectivity index (χ0v) is 21.8. The maximum Gasteiger partial charge on any atom is 0.409 e. The van der Waals surface area contributed by atoms with Crippen molar-refractivity contribution in [1.29, 1.82) is 0 Å². The predicted octanol–water partition coefficient (Wildman–Crippen LogP) is 3.19. The van der Waals surface area contributed by atoms with Gasteiger partial charge in [0.05, 0.1) is 28.3 Å². The van der Waals surface area contributed by atoms with Crippen molar-refractivity contribution < 1.29 is 22.7 Å². The molecule has 188 valence electrons. The highest BCUT2D eigenvalue weighted by Gasteiger charge is 2.30. The Hall–Kier alpha value is -3.17. The zero-order chi connectivity index (χ0) is 25.9. The third-order valence-electron chi connectivity index (χ3n) is 5.60. The van der Waals surface area contributed by atoms with E-state index < -0.39 is 22.0 Å². The Balaban J connectivity index is 1.53. The normalized spacial score (nSPS) is 15.1. The number of rotatable bonds is 5. The van der Waals surface area contributed by atoms with Gasteiger partial charge in [0.15, 0.2) is 4.80 Å². The van der Waals surface area contributed by atoms with Gasteiger partial charge in [-0.2, -0.15) is 9.30 Å². The van der Waals surface area contributed by atoms with E-state index in [1.54, 1.807) is 23.6 Å². The highest BCUT2D eigenvalue weighted by molar-refractivity contribution is 7.89. The molecule has 0 saturated carbocycles. The lowest BCUT2D eigenvalue weighted by Gasteiger charge is -2.33. The maximum atomic E-state index is 13.1. The second kappa shape index (κ2) is 10.8. The standard InChI is InChI=1S/C24H23ClN4O5S2/c1-3-11-29-20-10-7-18(25)16-21(20)35-23(29)26-22(30)17-5-8-19(9-6-17)36(32,33)28-14-12-27(13-15-28)24(31)34-4-2/h1,5-10,16H,4,11-15H2,2H3. The summed E-state index contributed by atoms with van der Waals surface area (Å²) in [5.41, 5.74) is 1.06. The summed E-state index contributed by atoms with van der Waals surface area (Å²) < 4.78 is 35.0. The minimum absolute atomic E-state index is 0.0579. The molecule has 1 saturated heterocycles. The number of hydrogen-bond acceptors (Lipinski definition) is 6. The van der Waals surface area contributed by atoms with Crippen LogP contribution in [-0.2, 0) is 21.3 Å². The fourth-order valence-electron chi connectivity index (χ4n) is 3.77. The summed E-state index contributed by atoms with van der Waals surface area (Å²) in [7, 11) is -3.78. The van der Waals surface area contributed by atoms with Gasteiger partial charge in [0.1, 0.15) is 0 Å². The molecule has 0 spiro atoms. The third kappa shape index (κ3) is 5.32. The first-order chi connectivity index (χ1) is 17.2. The molecule has 3 aromatic rings. The average Bonchev–Trinajstić information content (AvgIpc) is 3.20. The molecule has 4 rings (SSSR count). The number of fused-ring (bicyclic) bond motifs is 1. The molecule has 2 aromatic carbocycles. The molecule has 1 aliphatic rings. The number of piperazine rings is 1. The summed E-state index contributed by atoms with van der Waals surface area (Å²) in [5.74, 6) is 2.04. The number of nitrogens with zero attached hydrogens (tertiary/aromatic N) is 4. The van der Waals surface area contributed by atoms with Gasteiger partial charge in [-0.25, -0.2) is 13.2 Å². The zero-order valence-electron chi connectivity index (χ0n) is 19.4. The topological polar surface area (TPSA) is 101 Å². The number of carbonyl (C=O) groups is 2. The Labute approximate surface area is 217 Å². The molecule has 0 aliphatic carbocycles. The van der Waals surface area contributed by atoms with Crippen LogP contribution < -0.4 is 4.80 Å². The van der Waals surface area contributed by atoms with Crippen LogP contribution in [0.3, 0.4) is 0 Å². The van der Waals surface area contributed by atoms with Crippen molar-refractivity contribution in [2.24, 2.45) is 4.99 Å². The monoisotopic (exact) mass is 546 g/mol. The van der Waals surface area contributed by atoms with E-state index in [1.165, 1.54) is 44.8 Å². The fraction of sp³-hybridized carbons (Fsp3) is 0.292. The second-order valence-electron chi connectivity index (χ2n) is 7.82. The van der Waals surface area contributed by atoms with E-state index in [4.69, 9.17) is 22.8 Å². The fourth-order valence-corrected chi connectivity index (χ4v) is 6.50. The number of sulfonamides is 1. The lowest BCUT2D eigenvalue weighted by atomic mass is 10.2. The molecular formula is C24H23ClN4O5S2. The van der Waals surface area contributed by atoms with Crippen LogP contribution in [0.4, 0.5) is 4.79 Å². The van der Waals surface area contributed by atoms with Crippen LogP contribution in [0, 0.1) is 12.3 Å². The summed E-state index contributed by atoms with van der Waals surface area (Å²) in [5, 5.41) is 0.564. The molecule has 1 fully saturated rings. The number of halogens is 1. The summed E-state index contributed by atoms with van der Waals surface area (Å²) in [4.78, 5) is 30.9. The van der Waals surface area contributed by atoms with Crippen LogP contribution in [0.1, 0.15) is 17.3 Å². The Morgan fingerprint density at radius 2 is 1.83 bits per heavy atom. The third-order valence-corrected chi connectivity index (χ3v) is 8.78. The van der Waals surface area contributed by atoms with Crippen molar-refractivity contribution in [2.75, 3.05) is 32.8 Å². The van der Waals surface area contributed by atoms with Gasteiger partial charge in [-0.05, 0) is 49.4 Å². The number of hydrogen-bond donors (Lipinski definition) is 0. The van der Waals surface area contributed by atoms with E-state index in [0.717, 1.165) is 10.2 Å². The molecule has 1 aliphatic heterocycles. The highest BCUT2D eigenvalue weighted by atomic mass is 35.5. The molecule has 1 aromatic heterocycles. The number of thiazole rings is 1. The maximum absolute atomic E-state index is 13.1. The van der Waals surface area contributed by atoms with Crippen LogP contribution in [0.5, 0.6) is 0 Å². The summed E-state index contributed by atoms with van der Waals surface area (Å²) >= 11 is 7.37. The van der Waals surface area contributed by atoms with Crippen molar-refractivity contribution in [3.05, 3.63) is 57.9 Å². The molecule has 0 unspecified atom stereocenters. The van der Waals surface area contributed by atoms with Gasteiger partial charge < -0.3 is 14.2 Å². The van der Waals surface area contributed by atoms with E-state index in [1.807, 2.05) is 6.07 Å². The molecule has 0 N–H and O–H groups in total. The van der Waals surface area contributed by atoms with Crippen molar-refractivity contribution in [1.82, 2.24) is 13.8 Å². The Kier molecular flexibility index (Phi) is 7.80. The molecular weight excluding hydrogens is 524 g/mol. The smallest absolute Gasteiger partial charge is 0.409 e. The number of benzene rings is 2. The Bertz CT molecular complexity index is 1510. The Morgan fingerprint density at radius 1 is 1.14 bits per heavy atom. The van der Waals surface area contributed by atoms with E-state index >= 15 is 0 Å². The molecule has 2 amide bonds. The largest absolute Gasteiger partial charge is 0.450 e. The molecule has 0 bridgehead atoms. The van der Waals surface area contributed by atoms with Crippen molar-refractivity contribution in [2.45, 2.75) is 18.4 Å². The number of ether oxygens (including phenoxy) is 1. The predicted molar refractivity (Wildman–Crippen MR) is 137 cm³/mol. The minimum atomic E-state index is -3.78. The van der Waals surface area contributed by atoms with E-state index in [0.29, 0.717) is 9.82 Å². The lowest BCUT2D eigenvalue weighted by molar-refractivity contribution is 0.0933. The van der Waals surface area contributed by atoms with E-state index in [9.17, 15) is 18.0 Å². The first-order valence-corrected chi connectivity index (χ1v) is 13.7. The lowest BCUT2D eigenvalue weighted by Crippen LogP contribution is -2.50. The van der Waals surface area contributed by atoms with Gasteiger partial charge in [-0.15, -0.1) is 6.42 Å². The first kappa shape index (κ1) is 25.9. The van der Waals surface area contributed by atoms with Crippen molar-refractivity contribution in [3.8, 4) is 12.3 Å². The molecule has 2 heterocycles. The second-order valence-corrected chi connectivity index (χ2v) is 11.2. The molecule has 36 heavy (non-hydrogen) atoms. The van der Waals surface area contributed by atoms with Gasteiger partial charge >= 0.3 is 6.09 Å². The SMILES string of the molecule is C#CCn1c(=NC(=O)c2ccc(S(=O)(=O)N3CCN(C(=O)OCC)CC3)cc2)sc2cc(Cl)ccc21.